The van der Waals surface area contributed by atoms with Crippen LogP contribution in [-0.2, 0) is 16.6 Å². The van der Waals surface area contributed by atoms with Crippen LogP contribution >= 0.6 is 0 Å². The molecule has 33 heavy (non-hydrogen) atoms. The second-order valence-electron chi connectivity index (χ2n) is 8.87. The van der Waals surface area contributed by atoms with E-state index in [1.807, 2.05) is 67.6 Å². The zero-order chi connectivity index (χ0) is 24.0. The summed E-state index contributed by atoms with van der Waals surface area (Å²) in [7, 11) is -3.46. The van der Waals surface area contributed by atoms with Crippen molar-refractivity contribution in [1.29, 1.82) is 0 Å². The van der Waals surface area contributed by atoms with E-state index in [2.05, 4.69) is 19.2 Å². The van der Waals surface area contributed by atoms with E-state index in [0.717, 1.165) is 23.1 Å². The number of hydrogen-bond donors (Lipinski definition) is 1. The van der Waals surface area contributed by atoms with E-state index in [0.29, 0.717) is 17.2 Å². The van der Waals surface area contributed by atoms with E-state index in [9.17, 15) is 13.2 Å². The number of rotatable bonds is 9. The molecule has 3 aromatic rings. The fourth-order valence-electron chi connectivity index (χ4n) is 3.79. The lowest BCUT2D eigenvalue weighted by atomic mass is 9.96. The molecule has 6 heteroatoms. The van der Waals surface area contributed by atoms with Crippen molar-refractivity contribution in [2.75, 3.05) is 10.6 Å². The van der Waals surface area contributed by atoms with Crippen molar-refractivity contribution < 1.29 is 13.2 Å². The second kappa shape index (κ2) is 10.7. The average Bonchev–Trinajstić information content (AvgIpc) is 2.77. The van der Waals surface area contributed by atoms with Crippen LogP contribution < -0.4 is 9.62 Å². The number of carbonyl (C=O) groups is 1. The number of aryl methyl sites for hydroxylation is 1. The van der Waals surface area contributed by atoms with Crippen molar-refractivity contribution in [1.82, 2.24) is 5.32 Å². The Morgan fingerprint density at radius 1 is 0.939 bits per heavy atom. The van der Waals surface area contributed by atoms with Gasteiger partial charge in [0.25, 0.3) is 5.91 Å². The highest BCUT2D eigenvalue weighted by molar-refractivity contribution is 7.92. The van der Waals surface area contributed by atoms with Crippen molar-refractivity contribution >= 4 is 21.6 Å². The maximum Gasteiger partial charge on any atom is 0.251 e. The smallest absolute Gasteiger partial charge is 0.251 e. The van der Waals surface area contributed by atoms with Gasteiger partial charge in [-0.15, -0.1) is 0 Å². The summed E-state index contributed by atoms with van der Waals surface area (Å²) < 4.78 is 26.2. The summed E-state index contributed by atoms with van der Waals surface area (Å²) >= 11 is 0. The standard InChI is InChI=1S/C27H32N2O3S/c1-20(2)17-26(23-10-6-5-7-11-23)28-27(30)24-15-13-22(14-16-24)19-29(33(4,31)32)25-12-8-9-21(3)18-25/h5-16,18,20,26H,17,19H2,1-4H3,(H,28,30)/t26-/m0/s1. The molecule has 0 aliphatic heterocycles. The molecule has 0 bridgehead atoms. The van der Waals surface area contributed by atoms with Crippen LogP contribution in [0.25, 0.3) is 0 Å². The molecular weight excluding hydrogens is 432 g/mol. The van der Waals surface area contributed by atoms with Gasteiger partial charge in [0.05, 0.1) is 24.5 Å². The molecule has 0 aliphatic carbocycles. The Hall–Kier alpha value is -3.12. The molecule has 0 unspecified atom stereocenters. The third kappa shape index (κ3) is 6.93. The molecule has 3 aromatic carbocycles. The number of amides is 1. The third-order valence-electron chi connectivity index (χ3n) is 5.45. The normalized spacial score (nSPS) is 12.4. The molecule has 1 N–H and O–H groups in total. The second-order valence-corrected chi connectivity index (χ2v) is 10.8. The zero-order valence-electron chi connectivity index (χ0n) is 19.7. The molecule has 0 spiro atoms. The van der Waals surface area contributed by atoms with E-state index in [1.165, 1.54) is 10.6 Å². The van der Waals surface area contributed by atoms with E-state index in [1.54, 1.807) is 18.2 Å². The summed E-state index contributed by atoms with van der Waals surface area (Å²) in [6, 6.07) is 24.4. The maximum atomic E-state index is 12.9. The molecule has 3 rings (SSSR count). The lowest BCUT2D eigenvalue weighted by molar-refractivity contribution is 0.0932. The number of nitrogens with one attached hydrogen (secondary N) is 1. The average molecular weight is 465 g/mol. The Bertz CT molecular complexity index is 1170. The first kappa shape index (κ1) is 24.5. The Kier molecular flexibility index (Phi) is 7.92. The Labute approximate surface area is 197 Å². The molecule has 0 saturated carbocycles. The first-order valence-electron chi connectivity index (χ1n) is 11.1. The van der Waals surface area contributed by atoms with Crippen LogP contribution in [0.2, 0.25) is 0 Å². The van der Waals surface area contributed by atoms with Crippen LogP contribution in [0.4, 0.5) is 5.69 Å². The van der Waals surface area contributed by atoms with Crippen LogP contribution in [0.1, 0.15) is 53.4 Å². The van der Waals surface area contributed by atoms with Crippen molar-refractivity contribution in [3.63, 3.8) is 0 Å². The Morgan fingerprint density at radius 3 is 2.18 bits per heavy atom. The highest BCUT2D eigenvalue weighted by atomic mass is 32.2. The minimum absolute atomic E-state index is 0.0691. The third-order valence-corrected chi connectivity index (χ3v) is 6.59. The minimum Gasteiger partial charge on any atom is -0.345 e. The van der Waals surface area contributed by atoms with Crippen molar-refractivity contribution in [2.24, 2.45) is 5.92 Å². The van der Waals surface area contributed by atoms with Gasteiger partial charge in [-0.25, -0.2) is 8.42 Å². The summed E-state index contributed by atoms with van der Waals surface area (Å²) in [4.78, 5) is 12.9. The number of nitrogens with zero attached hydrogens (tertiary/aromatic N) is 1. The van der Waals surface area contributed by atoms with Gasteiger partial charge in [-0.3, -0.25) is 9.10 Å². The Balaban J connectivity index is 1.76. The molecule has 5 nitrogen and oxygen atoms in total. The molecule has 0 radical (unpaired) electrons. The quantitative estimate of drug-likeness (QED) is 0.456. The molecule has 0 heterocycles. The van der Waals surface area contributed by atoms with Crippen LogP contribution in [0.3, 0.4) is 0 Å². The van der Waals surface area contributed by atoms with Gasteiger partial charge in [0, 0.05) is 5.56 Å². The van der Waals surface area contributed by atoms with E-state index in [-0.39, 0.29) is 18.5 Å². The fraction of sp³-hybridized carbons (Fsp3) is 0.296. The fourth-order valence-corrected chi connectivity index (χ4v) is 4.67. The SMILES string of the molecule is Cc1cccc(N(Cc2ccc(C(=O)N[C@@H](CC(C)C)c3ccccc3)cc2)S(C)(=O)=O)c1. The number of carbonyl (C=O) groups excluding carboxylic acids is 1. The van der Waals surface area contributed by atoms with Gasteiger partial charge in [-0.1, -0.05) is 68.4 Å². The number of sulfonamides is 1. The van der Waals surface area contributed by atoms with E-state index >= 15 is 0 Å². The molecule has 174 valence electrons. The molecule has 1 amide bonds. The summed E-state index contributed by atoms with van der Waals surface area (Å²) in [5.41, 5.74) is 4.05. The van der Waals surface area contributed by atoms with Crippen LogP contribution in [0, 0.1) is 12.8 Å². The van der Waals surface area contributed by atoms with Gasteiger partial charge in [-0.05, 0) is 60.2 Å². The molecule has 0 saturated heterocycles. The summed E-state index contributed by atoms with van der Waals surface area (Å²) in [5.74, 6) is 0.288. The van der Waals surface area contributed by atoms with Crippen LogP contribution in [0.5, 0.6) is 0 Å². The highest BCUT2D eigenvalue weighted by Crippen LogP contribution is 2.23. The maximum absolute atomic E-state index is 12.9. The highest BCUT2D eigenvalue weighted by Gasteiger charge is 2.19. The molecule has 0 fully saturated rings. The predicted octanol–water partition coefficient (Wildman–Crippen LogP) is 5.48. The molecule has 0 aromatic heterocycles. The van der Waals surface area contributed by atoms with Crippen molar-refractivity contribution in [2.45, 2.75) is 39.8 Å². The largest absolute Gasteiger partial charge is 0.345 e. The van der Waals surface area contributed by atoms with Crippen LogP contribution in [0.15, 0.2) is 78.9 Å². The van der Waals surface area contributed by atoms with Gasteiger partial charge in [0.2, 0.25) is 10.0 Å². The summed E-state index contributed by atoms with van der Waals surface area (Å²) in [5, 5.41) is 3.15. The monoisotopic (exact) mass is 464 g/mol. The minimum atomic E-state index is -3.46. The van der Waals surface area contributed by atoms with Gasteiger partial charge < -0.3 is 5.32 Å². The van der Waals surface area contributed by atoms with Gasteiger partial charge in [-0.2, -0.15) is 0 Å². The lowest BCUT2D eigenvalue weighted by Crippen LogP contribution is -2.30. The van der Waals surface area contributed by atoms with Gasteiger partial charge in [0.1, 0.15) is 0 Å². The number of anilines is 1. The summed E-state index contributed by atoms with van der Waals surface area (Å²) in [6.07, 6.45) is 2.04. The zero-order valence-corrected chi connectivity index (χ0v) is 20.5. The topological polar surface area (TPSA) is 66.5 Å². The van der Waals surface area contributed by atoms with E-state index < -0.39 is 10.0 Å². The van der Waals surface area contributed by atoms with Crippen LogP contribution in [-0.4, -0.2) is 20.6 Å². The first-order valence-corrected chi connectivity index (χ1v) is 13.0. The van der Waals surface area contributed by atoms with Crippen molar-refractivity contribution in [3.05, 3.63) is 101 Å². The molecule has 0 aliphatic rings. The van der Waals surface area contributed by atoms with Crippen molar-refractivity contribution in [3.8, 4) is 0 Å². The Morgan fingerprint density at radius 2 is 1.61 bits per heavy atom. The number of benzene rings is 3. The first-order chi connectivity index (χ1) is 15.6. The molecule has 1 atom stereocenters. The van der Waals surface area contributed by atoms with E-state index in [4.69, 9.17) is 0 Å². The van der Waals surface area contributed by atoms with Gasteiger partial charge in [0.15, 0.2) is 0 Å². The molecular formula is C27H32N2O3S. The number of hydrogen-bond acceptors (Lipinski definition) is 3. The lowest BCUT2D eigenvalue weighted by Gasteiger charge is -2.23. The summed E-state index contributed by atoms with van der Waals surface area (Å²) in [6.45, 7) is 6.40. The van der Waals surface area contributed by atoms with Gasteiger partial charge >= 0.3 is 0 Å². The predicted molar refractivity (Wildman–Crippen MR) is 135 cm³/mol.